The number of piperazine rings is 1. The van der Waals surface area contributed by atoms with Crippen molar-refractivity contribution >= 4 is 28.8 Å². The van der Waals surface area contributed by atoms with Crippen LogP contribution in [0.5, 0.6) is 0 Å². The number of aromatic nitrogens is 1. The summed E-state index contributed by atoms with van der Waals surface area (Å²) in [7, 11) is 0. The highest BCUT2D eigenvalue weighted by Gasteiger charge is 2.30. The van der Waals surface area contributed by atoms with E-state index in [0.717, 1.165) is 36.3 Å². The van der Waals surface area contributed by atoms with Crippen molar-refractivity contribution in [2.45, 2.75) is 32.4 Å². The van der Waals surface area contributed by atoms with E-state index in [1.807, 2.05) is 40.1 Å². The first-order chi connectivity index (χ1) is 19.7. The molecule has 0 atom stereocenters. The van der Waals surface area contributed by atoms with Crippen molar-refractivity contribution in [1.29, 1.82) is 0 Å². The number of thiazole rings is 1. The number of carbonyl (C=O) groups excluding carboxylic acids is 1. The van der Waals surface area contributed by atoms with Crippen LogP contribution in [0, 0.1) is 0 Å². The average molecular weight is 599 g/mol. The lowest BCUT2D eigenvalue weighted by Gasteiger charge is -2.34. The van der Waals surface area contributed by atoms with Crippen molar-refractivity contribution in [3.05, 3.63) is 122 Å². The Hall–Kier alpha value is -3.24. The molecule has 5 nitrogen and oxygen atoms in total. The monoisotopic (exact) mass is 598 g/mol. The van der Waals surface area contributed by atoms with Gasteiger partial charge < -0.3 is 4.90 Å². The second-order valence-corrected chi connectivity index (χ2v) is 11.5. The molecular weight excluding hydrogens is 569 g/mol. The standard InChI is InChI=1S/C31H30ClF3N4OS/c32-27-11-9-24(10-12-27)19-38(20-25-7-4-8-26(17-25)31(33,34)35)21-29-36-28(22-41-29)30(40)39-15-13-37(14-16-39)18-23-5-2-1-3-6-23/h1-12,17,22H,13-16,18-21H2. The topological polar surface area (TPSA) is 39.7 Å². The van der Waals surface area contributed by atoms with E-state index in [-0.39, 0.29) is 5.91 Å². The predicted molar refractivity (Wildman–Crippen MR) is 156 cm³/mol. The molecule has 0 radical (unpaired) electrons. The highest BCUT2D eigenvalue weighted by molar-refractivity contribution is 7.09. The molecule has 0 N–H and O–H groups in total. The van der Waals surface area contributed by atoms with E-state index in [2.05, 4.69) is 22.0 Å². The summed E-state index contributed by atoms with van der Waals surface area (Å²) in [5, 5.41) is 3.12. The summed E-state index contributed by atoms with van der Waals surface area (Å²) in [5.41, 5.74) is 2.52. The Balaban J connectivity index is 1.24. The SMILES string of the molecule is O=C(c1csc(CN(Cc2ccc(Cl)cc2)Cc2cccc(C(F)(F)F)c2)n1)N1CCN(Cc2ccccc2)CC1. The van der Waals surface area contributed by atoms with Crippen LogP contribution < -0.4 is 0 Å². The van der Waals surface area contributed by atoms with Crippen molar-refractivity contribution in [2.75, 3.05) is 26.2 Å². The molecule has 2 heterocycles. The van der Waals surface area contributed by atoms with E-state index in [0.29, 0.717) is 49.0 Å². The van der Waals surface area contributed by atoms with Gasteiger partial charge in [0.25, 0.3) is 5.91 Å². The maximum Gasteiger partial charge on any atom is 0.416 e. The number of carbonyl (C=O) groups is 1. The van der Waals surface area contributed by atoms with Crippen LogP contribution in [0.4, 0.5) is 13.2 Å². The average Bonchev–Trinajstić information content (AvgIpc) is 3.43. The van der Waals surface area contributed by atoms with Gasteiger partial charge in [0.15, 0.2) is 0 Å². The molecule has 0 bridgehead atoms. The molecule has 41 heavy (non-hydrogen) atoms. The minimum Gasteiger partial charge on any atom is -0.335 e. The Kier molecular flexibility index (Phi) is 9.39. The zero-order valence-electron chi connectivity index (χ0n) is 22.4. The summed E-state index contributed by atoms with van der Waals surface area (Å²) in [5.74, 6) is -0.0889. The molecule has 10 heteroatoms. The molecule has 0 unspecified atom stereocenters. The van der Waals surface area contributed by atoms with Gasteiger partial charge in [-0.05, 0) is 34.9 Å². The van der Waals surface area contributed by atoms with E-state index in [4.69, 9.17) is 11.6 Å². The summed E-state index contributed by atoms with van der Waals surface area (Å²) in [6.45, 7) is 4.89. The maximum absolute atomic E-state index is 13.3. The van der Waals surface area contributed by atoms with Crippen molar-refractivity contribution < 1.29 is 18.0 Å². The van der Waals surface area contributed by atoms with Crippen LogP contribution in [0.1, 0.15) is 37.7 Å². The number of amides is 1. The van der Waals surface area contributed by atoms with Crippen molar-refractivity contribution in [1.82, 2.24) is 19.7 Å². The molecule has 1 amide bonds. The number of alkyl halides is 3. The number of hydrogen-bond acceptors (Lipinski definition) is 5. The van der Waals surface area contributed by atoms with Crippen molar-refractivity contribution in [2.24, 2.45) is 0 Å². The molecule has 1 fully saturated rings. The Labute approximate surface area is 246 Å². The van der Waals surface area contributed by atoms with Gasteiger partial charge in [0.05, 0.1) is 12.1 Å². The van der Waals surface area contributed by atoms with Gasteiger partial charge in [0.2, 0.25) is 0 Å². The fraction of sp³-hybridized carbons (Fsp3) is 0.290. The normalized spacial score (nSPS) is 14.5. The van der Waals surface area contributed by atoms with Gasteiger partial charge in [0.1, 0.15) is 10.7 Å². The van der Waals surface area contributed by atoms with Gasteiger partial charge in [-0.25, -0.2) is 4.98 Å². The van der Waals surface area contributed by atoms with E-state index in [1.54, 1.807) is 23.6 Å². The van der Waals surface area contributed by atoms with Gasteiger partial charge in [-0.3, -0.25) is 14.6 Å². The van der Waals surface area contributed by atoms with Crippen LogP contribution >= 0.6 is 22.9 Å². The molecule has 5 rings (SSSR count). The number of rotatable bonds is 9. The van der Waals surface area contributed by atoms with E-state index in [9.17, 15) is 18.0 Å². The Morgan fingerprint density at radius 1 is 0.854 bits per heavy atom. The van der Waals surface area contributed by atoms with Gasteiger partial charge >= 0.3 is 6.18 Å². The lowest BCUT2D eigenvalue weighted by atomic mass is 10.1. The Morgan fingerprint density at radius 2 is 1.54 bits per heavy atom. The minimum atomic E-state index is -4.41. The van der Waals surface area contributed by atoms with Gasteiger partial charge in [-0.2, -0.15) is 13.2 Å². The third-order valence-electron chi connectivity index (χ3n) is 7.02. The molecule has 1 aliphatic heterocycles. The number of hydrogen-bond donors (Lipinski definition) is 0. The van der Waals surface area contributed by atoms with Crippen LogP contribution in [0.2, 0.25) is 5.02 Å². The molecule has 0 saturated carbocycles. The minimum absolute atomic E-state index is 0.0889. The highest BCUT2D eigenvalue weighted by Crippen LogP contribution is 2.30. The Morgan fingerprint density at radius 3 is 2.24 bits per heavy atom. The zero-order chi connectivity index (χ0) is 28.8. The summed E-state index contributed by atoms with van der Waals surface area (Å²) in [6.07, 6.45) is -4.41. The van der Waals surface area contributed by atoms with Crippen LogP contribution in [-0.4, -0.2) is 51.8 Å². The lowest BCUT2D eigenvalue weighted by molar-refractivity contribution is -0.137. The summed E-state index contributed by atoms with van der Waals surface area (Å²) >= 11 is 7.43. The largest absolute Gasteiger partial charge is 0.416 e. The van der Waals surface area contributed by atoms with E-state index >= 15 is 0 Å². The van der Waals surface area contributed by atoms with Gasteiger partial charge in [0, 0.05) is 56.2 Å². The fourth-order valence-corrected chi connectivity index (χ4v) is 5.84. The third kappa shape index (κ3) is 8.16. The molecule has 1 aromatic heterocycles. The third-order valence-corrected chi connectivity index (χ3v) is 8.10. The molecule has 0 aliphatic carbocycles. The fourth-order valence-electron chi connectivity index (χ4n) is 4.91. The number of benzene rings is 3. The number of nitrogens with zero attached hydrogens (tertiary/aromatic N) is 4. The Bertz CT molecular complexity index is 1440. The first-order valence-electron chi connectivity index (χ1n) is 13.4. The smallest absolute Gasteiger partial charge is 0.335 e. The quantitative estimate of drug-likeness (QED) is 0.208. The maximum atomic E-state index is 13.3. The first-order valence-corrected chi connectivity index (χ1v) is 14.6. The molecule has 1 aliphatic rings. The van der Waals surface area contributed by atoms with E-state index < -0.39 is 11.7 Å². The molecular formula is C31H30ClF3N4OS. The molecule has 1 saturated heterocycles. The summed E-state index contributed by atoms with van der Waals surface area (Å²) < 4.78 is 39.9. The lowest BCUT2D eigenvalue weighted by Crippen LogP contribution is -2.48. The first kappa shape index (κ1) is 29.3. The van der Waals surface area contributed by atoms with Crippen LogP contribution in [0.25, 0.3) is 0 Å². The van der Waals surface area contributed by atoms with Crippen molar-refractivity contribution in [3.8, 4) is 0 Å². The second-order valence-electron chi connectivity index (χ2n) is 10.2. The molecule has 214 valence electrons. The van der Waals surface area contributed by atoms with Crippen LogP contribution in [0.3, 0.4) is 0 Å². The summed E-state index contributed by atoms with van der Waals surface area (Å²) in [4.78, 5) is 24.1. The molecule has 0 spiro atoms. The molecule has 3 aromatic carbocycles. The predicted octanol–water partition coefficient (Wildman–Crippen LogP) is 6.98. The van der Waals surface area contributed by atoms with Crippen LogP contribution in [0.15, 0.2) is 84.2 Å². The second kappa shape index (κ2) is 13.2. The van der Waals surface area contributed by atoms with Gasteiger partial charge in [-0.15, -0.1) is 11.3 Å². The highest BCUT2D eigenvalue weighted by atomic mass is 35.5. The zero-order valence-corrected chi connectivity index (χ0v) is 23.9. The summed E-state index contributed by atoms with van der Waals surface area (Å²) in [6, 6.07) is 23.0. The molecule has 4 aromatic rings. The number of halogens is 4. The van der Waals surface area contributed by atoms with Crippen molar-refractivity contribution in [3.63, 3.8) is 0 Å². The van der Waals surface area contributed by atoms with Gasteiger partial charge in [-0.1, -0.05) is 72.3 Å². The van der Waals surface area contributed by atoms with E-state index in [1.165, 1.54) is 29.0 Å². The van der Waals surface area contributed by atoms with Crippen LogP contribution in [-0.2, 0) is 32.4 Å².